The molecular weight excluding hydrogens is 296 g/mol. The Morgan fingerprint density at radius 1 is 1.17 bits per heavy atom. The number of fused-ring (bicyclic) bond motifs is 1. The molecule has 0 amide bonds. The summed E-state index contributed by atoms with van der Waals surface area (Å²) in [7, 11) is 0. The van der Waals surface area contributed by atoms with Crippen LogP contribution in [-0.2, 0) is 20.9 Å². The van der Waals surface area contributed by atoms with Crippen LogP contribution in [0.2, 0.25) is 0 Å². The summed E-state index contributed by atoms with van der Waals surface area (Å²) in [6, 6.07) is 7.18. The van der Waals surface area contributed by atoms with Crippen LogP contribution in [0.5, 0.6) is 0 Å². The first-order chi connectivity index (χ1) is 11.2. The quantitative estimate of drug-likeness (QED) is 0.461. The summed E-state index contributed by atoms with van der Waals surface area (Å²) in [5, 5.41) is 0.723. The topological polar surface area (TPSA) is 65.7 Å². The fraction of sp³-hybridized carbons (Fsp3) is 0.222. The number of esters is 2. The number of hydrogen-bond acceptors (Lipinski definition) is 5. The Labute approximate surface area is 134 Å². The molecule has 0 aliphatic heterocycles. The largest absolute Gasteiger partial charge is 0.460 e. The van der Waals surface area contributed by atoms with Crippen LogP contribution >= 0.6 is 0 Å². The lowest BCUT2D eigenvalue weighted by Crippen LogP contribution is -2.08. The lowest BCUT2D eigenvalue weighted by atomic mass is 10.1. The molecule has 23 heavy (non-hydrogen) atoms. The Morgan fingerprint density at radius 2 is 1.96 bits per heavy atom. The SMILES string of the molecule is C/C=C/C=C/C(=O)OCc1c(C(=O)OCC)oc2ccccc12. The number of carbonyl (C=O) groups is 2. The van der Waals surface area contributed by atoms with Gasteiger partial charge in [0, 0.05) is 11.5 Å². The molecule has 2 rings (SSSR count). The number of hydrogen-bond donors (Lipinski definition) is 0. The number of furan rings is 1. The summed E-state index contributed by atoms with van der Waals surface area (Å²) in [5.41, 5.74) is 1.05. The number of benzene rings is 1. The van der Waals surface area contributed by atoms with E-state index in [2.05, 4.69) is 0 Å². The van der Waals surface area contributed by atoms with Crippen molar-refractivity contribution in [3.05, 3.63) is 59.9 Å². The Balaban J connectivity index is 2.25. The van der Waals surface area contributed by atoms with Gasteiger partial charge in [-0.2, -0.15) is 0 Å². The minimum absolute atomic E-state index is 0.0653. The van der Waals surface area contributed by atoms with Crippen LogP contribution in [0.4, 0.5) is 0 Å². The molecule has 0 aliphatic carbocycles. The fourth-order valence-electron chi connectivity index (χ4n) is 2.04. The third kappa shape index (κ3) is 4.10. The van der Waals surface area contributed by atoms with Crippen molar-refractivity contribution in [3.63, 3.8) is 0 Å². The molecule has 1 aromatic carbocycles. The van der Waals surface area contributed by atoms with Crippen LogP contribution in [0.3, 0.4) is 0 Å². The summed E-state index contributed by atoms with van der Waals surface area (Å²) in [6.07, 6.45) is 6.42. The van der Waals surface area contributed by atoms with Crippen LogP contribution in [0, 0.1) is 0 Å². The van der Waals surface area contributed by atoms with Gasteiger partial charge in [0.2, 0.25) is 5.76 Å². The predicted molar refractivity (Wildman–Crippen MR) is 85.9 cm³/mol. The van der Waals surface area contributed by atoms with Crippen molar-refractivity contribution < 1.29 is 23.5 Å². The highest BCUT2D eigenvalue weighted by molar-refractivity contribution is 5.96. The highest BCUT2D eigenvalue weighted by Gasteiger charge is 2.22. The van der Waals surface area contributed by atoms with Gasteiger partial charge in [0.1, 0.15) is 12.2 Å². The molecule has 5 nitrogen and oxygen atoms in total. The summed E-state index contributed by atoms with van der Waals surface area (Å²) in [5.74, 6) is -0.999. The van der Waals surface area contributed by atoms with E-state index in [0.29, 0.717) is 11.1 Å². The maximum absolute atomic E-state index is 12.0. The molecule has 0 unspecified atom stereocenters. The van der Waals surface area contributed by atoms with Crippen LogP contribution in [0.1, 0.15) is 30.0 Å². The second-order valence-electron chi connectivity index (χ2n) is 4.62. The van der Waals surface area contributed by atoms with E-state index in [9.17, 15) is 9.59 Å². The number of para-hydroxylation sites is 1. The third-order valence-corrected chi connectivity index (χ3v) is 3.05. The van der Waals surface area contributed by atoms with E-state index in [1.54, 1.807) is 43.4 Å². The number of carbonyl (C=O) groups excluding carboxylic acids is 2. The Kier molecular flexibility index (Phi) is 5.74. The lowest BCUT2D eigenvalue weighted by Gasteiger charge is -2.03. The molecule has 1 heterocycles. The number of allylic oxidation sites excluding steroid dienone is 3. The summed E-state index contributed by atoms with van der Waals surface area (Å²) in [6.45, 7) is 3.73. The summed E-state index contributed by atoms with van der Waals surface area (Å²) >= 11 is 0. The normalized spacial score (nSPS) is 11.4. The zero-order valence-electron chi connectivity index (χ0n) is 13.1. The Bertz CT molecular complexity index is 752. The standard InChI is InChI=1S/C18H18O5/c1-3-5-6-11-16(19)22-12-14-13-9-7-8-10-15(13)23-17(14)18(20)21-4-2/h3,5-11H,4,12H2,1-2H3/b5-3+,11-6+. The van der Waals surface area contributed by atoms with E-state index in [4.69, 9.17) is 13.9 Å². The zero-order valence-corrected chi connectivity index (χ0v) is 13.1. The first-order valence-corrected chi connectivity index (χ1v) is 7.31. The molecule has 0 saturated carbocycles. The highest BCUT2D eigenvalue weighted by atomic mass is 16.5. The third-order valence-electron chi connectivity index (χ3n) is 3.05. The molecule has 0 radical (unpaired) electrons. The van der Waals surface area contributed by atoms with Crippen molar-refractivity contribution in [1.29, 1.82) is 0 Å². The molecule has 0 spiro atoms. The van der Waals surface area contributed by atoms with Crippen molar-refractivity contribution in [2.45, 2.75) is 20.5 Å². The van der Waals surface area contributed by atoms with Gasteiger partial charge in [-0.1, -0.05) is 36.4 Å². The average Bonchev–Trinajstić information content (AvgIpc) is 2.92. The molecular formula is C18H18O5. The molecule has 0 N–H and O–H groups in total. The van der Waals surface area contributed by atoms with Crippen molar-refractivity contribution >= 4 is 22.9 Å². The lowest BCUT2D eigenvalue weighted by molar-refractivity contribution is -0.139. The Hall–Kier alpha value is -2.82. The van der Waals surface area contributed by atoms with Gasteiger partial charge < -0.3 is 13.9 Å². The van der Waals surface area contributed by atoms with Crippen LogP contribution in [0.25, 0.3) is 11.0 Å². The smallest absolute Gasteiger partial charge is 0.374 e. The van der Waals surface area contributed by atoms with Crippen molar-refractivity contribution in [1.82, 2.24) is 0 Å². The van der Waals surface area contributed by atoms with E-state index < -0.39 is 11.9 Å². The van der Waals surface area contributed by atoms with Crippen molar-refractivity contribution in [3.8, 4) is 0 Å². The molecule has 0 atom stereocenters. The van der Waals surface area contributed by atoms with Crippen LogP contribution < -0.4 is 0 Å². The second kappa shape index (κ2) is 7.98. The van der Waals surface area contributed by atoms with Crippen LogP contribution in [-0.4, -0.2) is 18.5 Å². The molecule has 0 fully saturated rings. The van der Waals surface area contributed by atoms with Gasteiger partial charge in [0.25, 0.3) is 0 Å². The number of ether oxygens (including phenoxy) is 2. The Morgan fingerprint density at radius 3 is 2.70 bits per heavy atom. The van der Waals surface area contributed by atoms with Gasteiger partial charge in [0.05, 0.1) is 12.2 Å². The molecule has 2 aromatic rings. The fourth-order valence-corrected chi connectivity index (χ4v) is 2.04. The van der Waals surface area contributed by atoms with Gasteiger partial charge >= 0.3 is 11.9 Å². The van der Waals surface area contributed by atoms with Gasteiger partial charge in [-0.15, -0.1) is 0 Å². The summed E-state index contributed by atoms with van der Waals surface area (Å²) < 4.78 is 15.7. The first-order valence-electron chi connectivity index (χ1n) is 7.31. The van der Waals surface area contributed by atoms with Gasteiger partial charge in [-0.3, -0.25) is 0 Å². The van der Waals surface area contributed by atoms with E-state index in [1.807, 2.05) is 13.0 Å². The average molecular weight is 314 g/mol. The monoisotopic (exact) mass is 314 g/mol. The molecule has 5 heteroatoms. The number of rotatable bonds is 6. The maximum Gasteiger partial charge on any atom is 0.374 e. The van der Waals surface area contributed by atoms with E-state index in [1.165, 1.54) is 6.08 Å². The van der Waals surface area contributed by atoms with E-state index in [-0.39, 0.29) is 19.0 Å². The summed E-state index contributed by atoms with van der Waals surface area (Å²) in [4.78, 5) is 23.7. The molecule has 120 valence electrons. The van der Waals surface area contributed by atoms with Crippen molar-refractivity contribution in [2.75, 3.05) is 6.61 Å². The highest BCUT2D eigenvalue weighted by Crippen LogP contribution is 2.27. The van der Waals surface area contributed by atoms with Crippen molar-refractivity contribution in [2.24, 2.45) is 0 Å². The molecule has 0 bridgehead atoms. The molecule has 1 aromatic heterocycles. The predicted octanol–water partition coefficient (Wildman–Crippen LogP) is 3.79. The molecule has 0 saturated heterocycles. The zero-order chi connectivity index (χ0) is 16.7. The minimum atomic E-state index is -0.570. The van der Waals surface area contributed by atoms with Crippen LogP contribution in [0.15, 0.2) is 53.0 Å². The maximum atomic E-state index is 12.0. The van der Waals surface area contributed by atoms with Gasteiger partial charge in [0.15, 0.2) is 0 Å². The van der Waals surface area contributed by atoms with E-state index in [0.717, 1.165) is 5.39 Å². The van der Waals surface area contributed by atoms with E-state index >= 15 is 0 Å². The van der Waals surface area contributed by atoms with Gasteiger partial charge in [-0.05, 0) is 19.9 Å². The molecule has 0 aliphatic rings. The van der Waals surface area contributed by atoms with Gasteiger partial charge in [-0.25, -0.2) is 9.59 Å². The second-order valence-corrected chi connectivity index (χ2v) is 4.62. The first kappa shape index (κ1) is 16.5. The minimum Gasteiger partial charge on any atom is -0.460 e.